The van der Waals surface area contributed by atoms with Gasteiger partial charge in [-0.1, -0.05) is 0 Å². The molecule has 0 aliphatic carbocycles. The summed E-state index contributed by atoms with van der Waals surface area (Å²) >= 11 is 0. The topological polar surface area (TPSA) is 93.4 Å². The van der Waals surface area contributed by atoms with Crippen LogP contribution in [-0.4, -0.2) is 31.1 Å². The number of hydrogen-bond acceptors (Lipinski definition) is 5. The van der Waals surface area contributed by atoms with Crippen LogP contribution < -0.4 is 16.4 Å². The third kappa shape index (κ3) is 5.72. The summed E-state index contributed by atoms with van der Waals surface area (Å²) in [7, 11) is 0. The van der Waals surface area contributed by atoms with Crippen LogP contribution in [0.25, 0.3) is 0 Å². The summed E-state index contributed by atoms with van der Waals surface area (Å²) in [5.41, 5.74) is 7.17. The number of ether oxygens (including phenoxy) is 1. The molecule has 6 heteroatoms. The molecule has 1 aromatic carbocycles. The van der Waals surface area contributed by atoms with E-state index in [-0.39, 0.29) is 11.9 Å². The number of carbonyl (C=O) groups excluding carboxylic acids is 2. The van der Waals surface area contributed by atoms with Crippen molar-refractivity contribution in [3.8, 4) is 0 Å². The van der Waals surface area contributed by atoms with E-state index >= 15 is 0 Å². The molecule has 21 heavy (non-hydrogen) atoms. The summed E-state index contributed by atoms with van der Waals surface area (Å²) in [6, 6.07) is 5.08. The van der Waals surface area contributed by atoms with Crippen LogP contribution in [0.5, 0.6) is 0 Å². The first-order valence-electron chi connectivity index (χ1n) is 7.04. The van der Waals surface area contributed by atoms with Crippen LogP contribution in [0.3, 0.4) is 0 Å². The fourth-order valence-electron chi connectivity index (χ4n) is 1.80. The molecule has 0 heterocycles. The van der Waals surface area contributed by atoms with Crippen LogP contribution in [0.2, 0.25) is 0 Å². The van der Waals surface area contributed by atoms with Gasteiger partial charge in [0.25, 0.3) is 0 Å². The molecule has 1 aromatic rings. The van der Waals surface area contributed by atoms with Gasteiger partial charge >= 0.3 is 5.97 Å². The number of esters is 1. The number of hydrogen-bond donors (Lipinski definition) is 3. The highest BCUT2D eigenvalue weighted by Crippen LogP contribution is 2.20. The predicted molar refractivity (Wildman–Crippen MR) is 83.2 cm³/mol. The molecule has 0 aromatic heterocycles. The maximum absolute atomic E-state index is 11.9. The first-order chi connectivity index (χ1) is 9.93. The lowest BCUT2D eigenvalue weighted by Gasteiger charge is -2.13. The fraction of sp³-hybridized carbons (Fsp3) is 0.467. The lowest BCUT2D eigenvalue weighted by atomic mass is 10.1. The van der Waals surface area contributed by atoms with Gasteiger partial charge in [-0.15, -0.1) is 0 Å². The minimum absolute atomic E-state index is 0.0365. The number of carbonyl (C=O) groups is 2. The molecule has 0 fully saturated rings. The Kier molecular flexibility index (Phi) is 6.52. The Morgan fingerprint density at radius 1 is 1.33 bits per heavy atom. The Morgan fingerprint density at radius 3 is 2.67 bits per heavy atom. The van der Waals surface area contributed by atoms with Crippen molar-refractivity contribution in [1.29, 1.82) is 0 Å². The molecule has 0 saturated heterocycles. The largest absolute Gasteiger partial charge is 0.462 e. The maximum Gasteiger partial charge on any atom is 0.340 e. The third-order valence-corrected chi connectivity index (χ3v) is 2.66. The van der Waals surface area contributed by atoms with Crippen LogP contribution in [0.15, 0.2) is 18.2 Å². The van der Waals surface area contributed by atoms with E-state index < -0.39 is 5.97 Å². The number of nitrogens with two attached hydrogens (primary N) is 1. The highest BCUT2D eigenvalue weighted by Gasteiger charge is 2.13. The van der Waals surface area contributed by atoms with Crippen LogP contribution in [0, 0.1) is 0 Å². The molecule has 1 amide bonds. The normalized spacial score (nSPS) is 10.3. The van der Waals surface area contributed by atoms with Crippen molar-refractivity contribution < 1.29 is 14.3 Å². The Balaban J connectivity index is 2.66. The zero-order chi connectivity index (χ0) is 15.8. The average molecular weight is 293 g/mol. The summed E-state index contributed by atoms with van der Waals surface area (Å²) in [6.07, 6.45) is 0.324. The van der Waals surface area contributed by atoms with Gasteiger partial charge < -0.3 is 21.1 Å². The summed E-state index contributed by atoms with van der Waals surface area (Å²) in [4.78, 5) is 23.4. The minimum Gasteiger partial charge on any atom is -0.462 e. The van der Waals surface area contributed by atoms with Gasteiger partial charge in [-0.3, -0.25) is 4.79 Å². The van der Waals surface area contributed by atoms with E-state index in [0.717, 1.165) is 0 Å². The summed E-state index contributed by atoms with van der Waals surface area (Å²) in [5.74, 6) is -0.468. The lowest BCUT2D eigenvalue weighted by Crippen LogP contribution is -2.31. The van der Waals surface area contributed by atoms with E-state index in [1.165, 1.54) is 0 Å². The van der Waals surface area contributed by atoms with E-state index in [1.54, 1.807) is 25.1 Å². The molecular weight excluding hydrogens is 270 g/mol. The van der Waals surface area contributed by atoms with Gasteiger partial charge in [0.2, 0.25) is 5.91 Å². The minimum atomic E-state index is -0.432. The van der Waals surface area contributed by atoms with Gasteiger partial charge in [0, 0.05) is 30.4 Å². The molecule has 0 aliphatic heterocycles. The fourth-order valence-corrected chi connectivity index (χ4v) is 1.80. The smallest absolute Gasteiger partial charge is 0.340 e. The Labute approximate surface area is 125 Å². The SMILES string of the molecule is CCOC(=O)c1cc(N)ccc1NCCC(=O)NC(C)C. The highest BCUT2D eigenvalue weighted by atomic mass is 16.5. The first kappa shape index (κ1) is 16.8. The Bertz CT molecular complexity index is 501. The number of anilines is 2. The average Bonchev–Trinajstić information content (AvgIpc) is 2.39. The monoisotopic (exact) mass is 293 g/mol. The van der Waals surface area contributed by atoms with Crippen LogP contribution in [0.4, 0.5) is 11.4 Å². The number of benzene rings is 1. The van der Waals surface area contributed by atoms with Gasteiger partial charge in [0.1, 0.15) is 0 Å². The van der Waals surface area contributed by atoms with Gasteiger partial charge in [-0.2, -0.15) is 0 Å². The molecular formula is C15H23N3O3. The van der Waals surface area contributed by atoms with Crippen molar-refractivity contribution in [2.24, 2.45) is 0 Å². The molecule has 6 nitrogen and oxygen atoms in total. The van der Waals surface area contributed by atoms with Crippen molar-refractivity contribution in [2.45, 2.75) is 33.2 Å². The second-order valence-electron chi connectivity index (χ2n) is 4.92. The number of rotatable bonds is 7. The Morgan fingerprint density at radius 2 is 2.05 bits per heavy atom. The predicted octanol–water partition coefficient (Wildman–Crippen LogP) is 1.77. The van der Waals surface area contributed by atoms with E-state index in [1.807, 2.05) is 13.8 Å². The van der Waals surface area contributed by atoms with Crippen molar-refractivity contribution in [3.05, 3.63) is 23.8 Å². The molecule has 0 bridgehead atoms. The second kappa shape index (κ2) is 8.14. The van der Waals surface area contributed by atoms with E-state index in [4.69, 9.17) is 10.5 Å². The molecule has 0 atom stereocenters. The second-order valence-corrected chi connectivity index (χ2v) is 4.92. The van der Waals surface area contributed by atoms with Gasteiger partial charge in [-0.05, 0) is 39.0 Å². The standard InChI is InChI=1S/C15H23N3O3/c1-4-21-15(20)12-9-11(16)5-6-13(12)17-8-7-14(19)18-10(2)3/h5-6,9-10,17H,4,7-8,16H2,1-3H3,(H,18,19). The Hall–Kier alpha value is -2.24. The van der Waals surface area contributed by atoms with Crippen LogP contribution >= 0.6 is 0 Å². The van der Waals surface area contributed by atoms with Gasteiger partial charge in [0.05, 0.1) is 12.2 Å². The van der Waals surface area contributed by atoms with Crippen molar-refractivity contribution in [1.82, 2.24) is 5.32 Å². The lowest BCUT2D eigenvalue weighted by molar-refractivity contribution is -0.121. The molecule has 0 spiro atoms. The third-order valence-electron chi connectivity index (χ3n) is 2.66. The highest BCUT2D eigenvalue weighted by molar-refractivity contribution is 5.96. The van der Waals surface area contributed by atoms with E-state index in [9.17, 15) is 9.59 Å². The summed E-state index contributed by atoms with van der Waals surface area (Å²) in [6.45, 7) is 6.28. The quantitative estimate of drug-likeness (QED) is 0.526. The first-order valence-corrected chi connectivity index (χ1v) is 7.04. The van der Waals surface area contributed by atoms with Crippen molar-refractivity contribution in [2.75, 3.05) is 24.2 Å². The van der Waals surface area contributed by atoms with Crippen LogP contribution in [-0.2, 0) is 9.53 Å². The molecule has 1 rings (SSSR count). The summed E-state index contributed by atoms with van der Waals surface area (Å²) in [5, 5.41) is 5.87. The zero-order valence-electron chi connectivity index (χ0n) is 12.7. The molecule has 0 unspecified atom stereocenters. The van der Waals surface area contributed by atoms with Crippen LogP contribution in [0.1, 0.15) is 37.6 Å². The van der Waals surface area contributed by atoms with Gasteiger partial charge in [0.15, 0.2) is 0 Å². The number of nitrogens with one attached hydrogen (secondary N) is 2. The molecule has 0 radical (unpaired) electrons. The number of nitrogen functional groups attached to an aromatic ring is 1. The zero-order valence-corrected chi connectivity index (χ0v) is 12.7. The van der Waals surface area contributed by atoms with Crippen molar-refractivity contribution in [3.63, 3.8) is 0 Å². The summed E-state index contributed by atoms with van der Waals surface area (Å²) < 4.78 is 4.99. The molecule has 0 aliphatic rings. The van der Waals surface area contributed by atoms with E-state index in [2.05, 4.69) is 10.6 Å². The van der Waals surface area contributed by atoms with Gasteiger partial charge in [-0.25, -0.2) is 4.79 Å². The van der Waals surface area contributed by atoms with Crippen molar-refractivity contribution >= 4 is 23.3 Å². The molecule has 4 N–H and O–H groups in total. The van der Waals surface area contributed by atoms with E-state index in [0.29, 0.717) is 36.5 Å². The molecule has 116 valence electrons. The maximum atomic E-state index is 11.9. The number of amides is 1. The molecule has 0 saturated carbocycles.